The highest BCUT2D eigenvalue weighted by atomic mass is 35.5. The Morgan fingerprint density at radius 3 is 2.57 bits per heavy atom. The van der Waals surface area contributed by atoms with Crippen molar-refractivity contribution in [2.75, 3.05) is 0 Å². The van der Waals surface area contributed by atoms with Crippen molar-refractivity contribution in [2.24, 2.45) is 5.14 Å². The van der Waals surface area contributed by atoms with Gasteiger partial charge in [-0.25, -0.2) is 8.60 Å². The van der Waals surface area contributed by atoms with Gasteiger partial charge in [-0.3, -0.25) is 5.14 Å². The molecule has 0 saturated carbocycles. The Morgan fingerprint density at radius 1 is 1.39 bits per heavy atom. The zero-order valence-electron chi connectivity index (χ0n) is 15.6. The van der Waals surface area contributed by atoms with Crippen molar-refractivity contribution in [3.8, 4) is 11.5 Å². The lowest BCUT2D eigenvalue weighted by Gasteiger charge is -2.27. The predicted octanol–water partition coefficient (Wildman–Crippen LogP) is 4.86. The first-order valence-corrected chi connectivity index (χ1v) is 10.1. The first kappa shape index (κ1) is 22.2. The molecule has 1 heterocycles. The predicted molar refractivity (Wildman–Crippen MR) is 106 cm³/mol. The third-order valence-corrected chi connectivity index (χ3v) is 5.98. The fourth-order valence-electron chi connectivity index (χ4n) is 2.77. The van der Waals surface area contributed by atoms with Crippen LogP contribution in [0.25, 0.3) is 0 Å². The average molecular weight is 430 g/mol. The maximum atomic E-state index is 15.2. The second-order valence-electron chi connectivity index (χ2n) is 6.86. The van der Waals surface area contributed by atoms with Crippen LogP contribution in [0.1, 0.15) is 45.1 Å². The molecule has 0 fully saturated rings. The van der Waals surface area contributed by atoms with Gasteiger partial charge in [-0.2, -0.15) is 0 Å². The van der Waals surface area contributed by atoms with Crippen LogP contribution in [0, 0.1) is 15.9 Å². The SMILES string of the molecule is CC[C@H](CC(C)(C)S(N)=O)c1ccc(Cl)c(Oc2ccc([N+](=O)[O-])nc2)c1F. The highest BCUT2D eigenvalue weighted by Gasteiger charge is 2.30. The lowest BCUT2D eigenvalue weighted by molar-refractivity contribution is -0.389. The summed E-state index contributed by atoms with van der Waals surface area (Å²) in [4.78, 5) is 13.7. The summed E-state index contributed by atoms with van der Waals surface area (Å²) in [7, 11) is -1.57. The summed E-state index contributed by atoms with van der Waals surface area (Å²) >= 11 is 6.10. The number of halogens is 2. The Labute approximate surface area is 169 Å². The van der Waals surface area contributed by atoms with E-state index in [0.29, 0.717) is 18.4 Å². The van der Waals surface area contributed by atoms with Crippen LogP contribution in [0.2, 0.25) is 5.02 Å². The molecule has 10 heteroatoms. The van der Waals surface area contributed by atoms with Crippen molar-refractivity contribution in [3.63, 3.8) is 0 Å². The average Bonchev–Trinajstić information content (AvgIpc) is 2.64. The van der Waals surface area contributed by atoms with Crippen LogP contribution < -0.4 is 9.88 Å². The van der Waals surface area contributed by atoms with E-state index in [1.807, 2.05) is 6.92 Å². The van der Waals surface area contributed by atoms with Gasteiger partial charge in [0.25, 0.3) is 0 Å². The van der Waals surface area contributed by atoms with E-state index in [1.54, 1.807) is 19.9 Å². The molecule has 2 atom stereocenters. The van der Waals surface area contributed by atoms with Crippen molar-refractivity contribution in [1.29, 1.82) is 0 Å². The van der Waals surface area contributed by atoms with Gasteiger partial charge in [-0.05, 0) is 60.2 Å². The van der Waals surface area contributed by atoms with Crippen molar-refractivity contribution in [1.82, 2.24) is 4.98 Å². The quantitative estimate of drug-likeness (QED) is 0.476. The zero-order chi connectivity index (χ0) is 21.1. The first-order chi connectivity index (χ1) is 13.1. The number of benzene rings is 1. The van der Waals surface area contributed by atoms with Gasteiger partial charge in [0.15, 0.2) is 23.5 Å². The van der Waals surface area contributed by atoms with Crippen molar-refractivity contribution < 1.29 is 18.3 Å². The molecule has 152 valence electrons. The summed E-state index contributed by atoms with van der Waals surface area (Å²) in [6, 6.07) is 5.55. The maximum Gasteiger partial charge on any atom is 0.363 e. The van der Waals surface area contributed by atoms with Gasteiger partial charge in [0.2, 0.25) is 0 Å². The van der Waals surface area contributed by atoms with E-state index in [0.717, 1.165) is 12.3 Å². The number of nitrogens with two attached hydrogens (primary N) is 1. The molecule has 1 aromatic carbocycles. The normalized spacial score (nSPS) is 13.8. The van der Waals surface area contributed by atoms with Crippen LogP contribution in [0.15, 0.2) is 30.5 Å². The molecule has 2 N–H and O–H groups in total. The Kier molecular flexibility index (Phi) is 7.08. The minimum absolute atomic E-state index is 0.0520. The molecule has 0 aliphatic carbocycles. The fourth-order valence-corrected chi connectivity index (χ4v) is 3.32. The fraction of sp³-hybridized carbons (Fsp3) is 0.389. The van der Waals surface area contributed by atoms with Crippen LogP contribution in [-0.2, 0) is 11.0 Å². The Morgan fingerprint density at radius 2 is 2.07 bits per heavy atom. The Hall–Kier alpha value is -2.10. The van der Waals surface area contributed by atoms with E-state index in [1.165, 1.54) is 12.1 Å². The van der Waals surface area contributed by atoms with E-state index in [-0.39, 0.29) is 28.3 Å². The van der Waals surface area contributed by atoms with E-state index in [2.05, 4.69) is 4.98 Å². The Bertz CT molecular complexity index is 893. The molecule has 0 radical (unpaired) electrons. The molecule has 0 amide bonds. The second kappa shape index (κ2) is 8.93. The number of hydrogen-bond donors (Lipinski definition) is 1. The molecule has 2 rings (SSSR count). The number of rotatable bonds is 8. The molecule has 1 unspecified atom stereocenters. The number of nitrogens with zero attached hydrogens (tertiary/aromatic N) is 2. The molecule has 0 aliphatic rings. The van der Waals surface area contributed by atoms with Crippen LogP contribution >= 0.6 is 11.6 Å². The number of hydrogen-bond acceptors (Lipinski definition) is 5. The molecule has 0 spiro atoms. The molecule has 28 heavy (non-hydrogen) atoms. The summed E-state index contributed by atoms with van der Waals surface area (Å²) in [6.07, 6.45) is 2.12. The topological polar surface area (TPSA) is 108 Å². The smallest absolute Gasteiger partial charge is 0.363 e. The van der Waals surface area contributed by atoms with E-state index in [4.69, 9.17) is 21.5 Å². The molecule has 7 nitrogen and oxygen atoms in total. The van der Waals surface area contributed by atoms with Gasteiger partial charge < -0.3 is 14.9 Å². The van der Waals surface area contributed by atoms with Gasteiger partial charge in [0, 0.05) is 6.07 Å². The molecule has 1 aromatic heterocycles. The minimum atomic E-state index is -1.57. The summed E-state index contributed by atoms with van der Waals surface area (Å²) in [5, 5.41) is 16.3. The van der Waals surface area contributed by atoms with Crippen LogP contribution in [0.5, 0.6) is 11.5 Å². The molecule has 0 aliphatic heterocycles. The van der Waals surface area contributed by atoms with Crippen LogP contribution in [0.4, 0.5) is 10.2 Å². The van der Waals surface area contributed by atoms with Crippen molar-refractivity contribution in [2.45, 2.75) is 44.3 Å². The molecule has 0 bridgehead atoms. The minimum Gasteiger partial charge on any atom is -0.449 e. The van der Waals surface area contributed by atoms with Gasteiger partial charge in [0.1, 0.15) is 0 Å². The van der Waals surface area contributed by atoms with E-state index in [9.17, 15) is 14.3 Å². The van der Waals surface area contributed by atoms with Crippen LogP contribution in [-0.4, -0.2) is 18.9 Å². The molecular weight excluding hydrogens is 409 g/mol. The van der Waals surface area contributed by atoms with E-state index >= 15 is 4.39 Å². The number of aromatic nitrogens is 1. The zero-order valence-corrected chi connectivity index (χ0v) is 17.2. The van der Waals surface area contributed by atoms with Gasteiger partial charge in [0.05, 0.1) is 20.8 Å². The van der Waals surface area contributed by atoms with Gasteiger partial charge in [-0.15, -0.1) is 0 Å². The summed E-state index contributed by atoms with van der Waals surface area (Å²) in [6.45, 7) is 5.42. The van der Waals surface area contributed by atoms with Crippen molar-refractivity contribution >= 4 is 28.4 Å². The maximum absolute atomic E-state index is 15.2. The summed E-state index contributed by atoms with van der Waals surface area (Å²) in [5.74, 6) is -1.33. The number of ether oxygens (including phenoxy) is 1. The summed E-state index contributed by atoms with van der Waals surface area (Å²) in [5.41, 5.74) is 0.371. The molecule has 0 saturated heterocycles. The Balaban J connectivity index is 2.36. The second-order valence-corrected chi connectivity index (χ2v) is 8.96. The third-order valence-electron chi connectivity index (χ3n) is 4.42. The summed E-state index contributed by atoms with van der Waals surface area (Å²) < 4.78 is 31.8. The van der Waals surface area contributed by atoms with E-state index < -0.39 is 26.5 Å². The van der Waals surface area contributed by atoms with Gasteiger partial charge >= 0.3 is 5.82 Å². The highest BCUT2D eigenvalue weighted by molar-refractivity contribution is 7.84. The highest BCUT2D eigenvalue weighted by Crippen LogP contribution is 2.40. The standard InChI is InChI=1S/C18H21ClFN3O4S/c1-4-11(9-18(2,3)28(21)26)13-6-7-14(19)17(16(13)20)27-12-5-8-15(22-10-12)23(24)25/h5-8,10-11H,4,9,21H2,1-3H3/t11-,28?/m1/s1. The largest absolute Gasteiger partial charge is 0.449 e. The third kappa shape index (κ3) is 5.03. The number of pyridine rings is 1. The molecular formula is C18H21ClFN3O4S. The van der Waals surface area contributed by atoms with Crippen molar-refractivity contribution in [3.05, 3.63) is 57.0 Å². The van der Waals surface area contributed by atoms with Gasteiger partial charge in [-0.1, -0.05) is 24.6 Å². The lowest BCUT2D eigenvalue weighted by atomic mass is 9.87. The van der Waals surface area contributed by atoms with Crippen LogP contribution in [0.3, 0.4) is 0 Å². The first-order valence-electron chi connectivity index (χ1n) is 8.49. The molecule has 2 aromatic rings. The number of nitro groups is 1. The monoisotopic (exact) mass is 429 g/mol. The lowest BCUT2D eigenvalue weighted by Crippen LogP contribution is -2.33.